The average molecular weight is 336 g/mol. The molecule has 5 nitrogen and oxygen atoms in total. The number of aliphatic hydroxyl groups excluding tert-OH is 1. The number of thiazole rings is 1. The molecule has 1 amide bonds. The topological polar surface area (TPSA) is 71.5 Å². The molecular formula is C13H15F3N2O3S. The number of carbonyl (C=O) groups excluding carboxylic acids is 1. The van der Waals surface area contributed by atoms with Crippen molar-refractivity contribution in [3.8, 4) is 0 Å². The van der Waals surface area contributed by atoms with Crippen LogP contribution in [0.25, 0.3) is 0 Å². The van der Waals surface area contributed by atoms with E-state index in [1.807, 2.05) is 0 Å². The summed E-state index contributed by atoms with van der Waals surface area (Å²) < 4.78 is 43.0. The van der Waals surface area contributed by atoms with Gasteiger partial charge in [0.25, 0.3) is 0 Å². The van der Waals surface area contributed by atoms with Gasteiger partial charge in [-0.3, -0.25) is 4.79 Å². The first-order valence-corrected chi connectivity index (χ1v) is 7.71. The van der Waals surface area contributed by atoms with E-state index in [0.717, 1.165) is 16.7 Å². The molecule has 2 atom stereocenters. The molecule has 1 aromatic rings. The Bertz CT molecular complexity index is 579. The molecule has 0 spiro atoms. The predicted octanol–water partition coefficient (Wildman–Crippen LogP) is 1.50. The number of carbonyl (C=O) groups is 1. The summed E-state index contributed by atoms with van der Waals surface area (Å²) in [5.74, 6) is -0.373. The Kier molecular flexibility index (Phi) is 3.69. The van der Waals surface area contributed by atoms with Crippen molar-refractivity contribution in [1.29, 1.82) is 0 Å². The molecule has 2 aliphatic rings. The fourth-order valence-electron chi connectivity index (χ4n) is 3.12. The second-order valence-electron chi connectivity index (χ2n) is 5.94. The number of aromatic nitrogens is 1. The van der Waals surface area contributed by atoms with Gasteiger partial charge in [0.2, 0.25) is 5.91 Å². The second-order valence-corrected chi connectivity index (χ2v) is 6.88. The van der Waals surface area contributed by atoms with Crippen LogP contribution in [-0.4, -0.2) is 40.4 Å². The molecule has 0 aromatic carbocycles. The van der Waals surface area contributed by atoms with Gasteiger partial charge in [0.15, 0.2) is 5.69 Å². The monoisotopic (exact) mass is 336 g/mol. The number of hydrogen-bond donors (Lipinski definition) is 2. The molecule has 2 N–H and O–H groups in total. The molecule has 2 fully saturated rings. The number of aliphatic hydroxyl groups is 1. The Labute approximate surface area is 128 Å². The maximum absolute atomic E-state index is 12.5. The number of ether oxygens (including phenoxy) is 1. The number of alkyl halides is 3. The van der Waals surface area contributed by atoms with E-state index < -0.39 is 23.0 Å². The van der Waals surface area contributed by atoms with Gasteiger partial charge in [0.05, 0.1) is 30.8 Å². The number of halogens is 3. The minimum Gasteiger partial charge on any atom is -0.393 e. The summed E-state index contributed by atoms with van der Waals surface area (Å²) in [5, 5.41) is 13.2. The van der Waals surface area contributed by atoms with Crippen LogP contribution >= 0.6 is 11.3 Å². The van der Waals surface area contributed by atoms with Crippen LogP contribution < -0.4 is 5.32 Å². The van der Waals surface area contributed by atoms with Crippen LogP contribution in [0.15, 0.2) is 5.38 Å². The van der Waals surface area contributed by atoms with Gasteiger partial charge >= 0.3 is 6.18 Å². The van der Waals surface area contributed by atoms with Gasteiger partial charge in [0, 0.05) is 11.8 Å². The lowest BCUT2D eigenvalue weighted by Crippen LogP contribution is -2.48. The molecule has 2 heterocycles. The first-order valence-electron chi connectivity index (χ1n) is 6.83. The highest BCUT2D eigenvalue weighted by atomic mass is 32.1. The molecule has 0 radical (unpaired) electrons. The summed E-state index contributed by atoms with van der Waals surface area (Å²) in [4.78, 5) is 15.5. The van der Waals surface area contributed by atoms with E-state index >= 15 is 0 Å². The van der Waals surface area contributed by atoms with Crippen molar-refractivity contribution in [1.82, 2.24) is 10.3 Å². The molecule has 2 unspecified atom stereocenters. The number of rotatable bonds is 4. The second kappa shape index (κ2) is 5.17. The van der Waals surface area contributed by atoms with Gasteiger partial charge in [-0.05, 0) is 12.8 Å². The zero-order valence-electron chi connectivity index (χ0n) is 11.6. The zero-order chi connectivity index (χ0) is 16.0. The normalized spacial score (nSPS) is 30.7. The third kappa shape index (κ3) is 2.84. The maximum atomic E-state index is 12.5. The minimum absolute atomic E-state index is 0.0912. The zero-order valence-corrected chi connectivity index (χ0v) is 12.4. The average Bonchev–Trinajstić information content (AvgIpc) is 3.11. The van der Waals surface area contributed by atoms with Crippen LogP contribution in [0.5, 0.6) is 0 Å². The highest BCUT2D eigenvalue weighted by Crippen LogP contribution is 2.46. The molecule has 1 aliphatic carbocycles. The van der Waals surface area contributed by atoms with Crippen LogP contribution in [-0.2, 0) is 22.1 Å². The molecule has 9 heteroatoms. The summed E-state index contributed by atoms with van der Waals surface area (Å²) in [6, 6.07) is 0. The Morgan fingerprint density at radius 3 is 2.77 bits per heavy atom. The molecular weight excluding hydrogens is 321 g/mol. The standard InChI is InChI=1S/C13H15F3N2O3S/c14-13(15,16)8-4-22-10(17-8)3-9(20)18-11-1-2-12(5-11,6-19)21-7-11/h4,19H,1-3,5-7H2,(H,18,20). The van der Waals surface area contributed by atoms with Crippen LogP contribution in [0.4, 0.5) is 13.2 Å². The largest absolute Gasteiger partial charge is 0.434 e. The lowest BCUT2D eigenvalue weighted by atomic mass is 9.98. The van der Waals surface area contributed by atoms with Gasteiger partial charge in [0.1, 0.15) is 5.01 Å². The van der Waals surface area contributed by atoms with Gasteiger partial charge in [-0.15, -0.1) is 11.3 Å². The van der Waals surface area contributed by atoms with Crippen molar-refractivity contribution < 1.29 is 27.8 Å². The predicted molar refractivity (Wildman–Crippen MR) is 71.3 cm³/mol. The van der Waals surface area contributed by atoms with Crippen LogP contribution in [0.1, 0.15) is 30.0 Å². The van der Waals surface area contributed by atoms with Crippen molar-refractivity contribution in [3.63, 3.8) is 0 Å². The van der Waals surface area contributed by atoms with Crippen LogP contribution in [0.2, 0.25) is 0 Å². The lowest BCUT2D eigenvalue weighted by Gasteiger charge is -2.28. The molecule has 22 heavy (non-hydrogen) atoms. The summed E-state index contributed by atoms with van der Waals surface area (Å²) in [5.41, 5.74) is -2.05. The smallest absolute Gasteiger partial charge is 0.393 e. The van der Waals surface area contributed by atoms with E-state index in [0.29, 0.717) is 25.9 Å². The fourth-order valence-corrected chi connectivity index (χ4v) is 3.92. The Morgan fingerprint density at radius 1 is 1.50 bits per heavy atom. The summed E-state index contributed by atoms with van der Waals surface area (Å²) in [6.45, 7) is 0.233. The molecule has 1 aromatic heterocycles. The maximum Gasteiger partial charge on any atom is 0.434 e. The highest BCUT2D eigenvalue weighted by molar-refractivity contribution is 7.09. The summed E-state index contributed by atoms with van der Waals surface area (Å²) in [6.07, 6.45) is -2.78. The van der Waals surface area contributed by atoms with E-state index in [4.69, 9.17) is 4.74 Å². The van der Waals surface area contributed by atoms with E-state index in [1.165, 1.54) is 0 Å². The third-order valence-corrected chi connectivity index (χ3v) is 5.07. The van der Waals surface area contributed by atoms with Crippen LogP contribution in [0, 0.1) is 0 Å². The van der Waals surface area contributed by atoms with Crippen molar-refractivity contribution in [2.75, 3.05) is 13.2 Å². The number of nitrogens with zero attached hydrogens (tertiary/aromatic N) is 1. The van der Waals surface area contributed by atoms with E-state index in [2.05, 4.69) is 10.3 Å². The Morgan fingerprint density at radius 2 is 2.27 bits per heavy atom. The first-order chi connectivity index (χ1) is 10.3. The summed E-state index contributed by atoms with van der Waals surface area (Å²) in [7, 11) is 0. The van der Waals surface area contributed by atoms with Gasteiger partial charge in [-0.25, -0.2) is 4.98 Å². The lowest BCUT2D eigenvalue weighted by molar-refractivity contribution is -0.141. The number of nitrogens with one attached hydrogen (secondary N) is 1. The first kappa shape index (κ1) is 15.7. The minimum atomic E-state index is -4.49. The van der Waals surface area contributed by atoms with Crippen LogP contribution in [0.3, 0.4) is 0 Å². The fraction of sp³-hybridized carbons (Fsp3) is 0.692. The SMILES string of the molecule is O=C(Cc1nc(C(F)(F)F)cs1)NC12CCC(CO)(C1)OC2. The van der Waals surface area contributed by atoms with E-state index in [1.54, 1.807) is 0 Å². The van der Waals surface area contributed by atoms with Crippen molar-refractivity contribution >= 4 is 17.2 Å². The highest BCUT2D eigenvalue weighted by Gasteiger charge is 2.56. The Hall–Kier alpha value is -1.19. The molecule has 3 rings (SSSR count). The number of fused-ring (bicyclic) bond motifs is 2. The van der Waals surface area contributed by atoms with E-state index in [9.17, 15) is 23.1 Å². The quantitative estimate of drug-likeness (QED) is 0.874. The number of amides is 1. The van der Waals surface area contributed by atoms with Crippen molar-refractivity contribution in [3.05, 3.63) is 16.1 Å². The van der Waals surface area contributed by atoms with E-state index in [-0.39, 0.29) is 23.9 Å². The molecule has 1 aliphatic heterocycles. The van der Waals surface area contributed by atoms with Crippen molar-refractivity contribution in [2.24, 2.45) is 0 Å². The van der Waals surface area contributed by atoms with Gasteiger partial charge in [-0.1, -0.05) is 0 Å². The van der Waals surface area contributed by atoms with Gasteiger partial charge < -0.3 is 15.2 Å². The Balaban J connectivity index is 1.61. The molecule has 122 valence electrons. The van der Waals surface area contributed by atoms with Crippen molar-refractivity contribution in [2.45, 2.75) is 43.0 Å². The third-order valence-electron chi connectivity index (χ3n) is 4.22. The molecule has 2 bridgehead atoms. The van der Waals surface area contributed by atoms with Gasteiger partial charge in [-0.2, -0.15) is 13.2 Å². The molecule has 1 saturated carbocycles. The number of hydrogen-bond acceptors (Lipinski definition) is 5. The molecule has 1 saturated heterocycles. The summed E-state index contributed by atoms with van der Waals surface area (Å²) >= 11 is 0.820.